The van der Waals surface area contributed by atoms with Crippen molar-refractivity contribution in [1.82, 2.24) is 10.2 Å². The minimum absolute atomic E-state index is 0.0124. The van der Waals surface area contributed by atoms with Gasteiger partial charge in [-0.05, 0) is 57.0 Å². The second-order valence-corrected chi connectivity index (χ2v) is 11.3. The number of carbonyl (C=O) groups excluding carboxylic acids is 2. The number of halogens is 2. The predicted octanol–water partition coefficient (Wildman–Crippen LogP) is 3.46. The quantitative estimate of drug-likeness (QED) is 0.513. The lowest BCUT2D eigenvalue weighted by molar-refractivity contribution is -0.141. The first kappa shape index (κ1) is 29.0. The average Bonchev–Trinajstić information content (AvgIpc) is 2.77. The lowest BCUT2D eigenvalue weighted by Crippen LogP contribution is -2.55. The molecule has 1 N–H and O–H groups in total. The van der Waals surface area contributed by atoms with Crippen molar-refractivity contribution in [2.75, 3.05) is 24.2 Å². The summed E-state index contributed by atoms with van der Waals surface area (Å²) in [5.74, 6) is -2.95. The molecule has 36 heavy (non-hydrogen) atoms. The van der Waals surface area contributed by atoms with E-state index in [0.717, 1.165) is 18.4 Å². The molecule has 0 aliphatic heterocycles. The molecule has 0 bridgehead atoms. The Kier molecular flexibility index (Phi) is 9.42. The van der Waals surface area contributed by atoms with Gasteiger partial charge in [0, 0.05) is 18.2 Å². The maximum Gasteiger partial charge on any atom is 0.244 e. The highest BCUT2D eigenvalue weighted by Gasteiger charge is 2.33. The zero-order valence-electron chi connectivity index (χ0n) is 21.3. The Bertz CT molecular complexity index is 1200. The highest BCUT2D eigenvalue weighted by Crippen LogP contribution is 2.23. The molecule has 0 radical (unpaired) electrons. The highest BCUT2D eigenvalue weighted by molar-refractivity contribution is 7.92. The van der Waals surface area contributed by atoms with E-state index >= 15 is 0 Å². The molecular formula is C25H33F2N3O5S. The standard InChI is InChI=1S/C25H33F2N3O5S/c1-7-22(24(32)28-25(2,3)4)29(15-17-9-8-10-19(13-17)35-5)23(31)16-30(36(6,33)34)18-11-12-20(26)21(27)14-18/h8-14,22H,7,15-16H2,1-6H3,(H,28,32). The van der Waals surface area contributed by atoms with Crippen molar-refractivity contribution in [2.45, 2.75) is 52.2 Å². The van der Waals surface area contributed by atoms with E-state index < -0.39 is 51.6 Å². The third kappa shape index (κ3) is 7.91. The van der Waals surface area contributed by atoms with Crippen LogP contribution in [0, 0.1) is 11.6 Å². The number of hydrogen-bond donors (Lipinski definition) is 1. The summed E-state index contributed by atoms with van der Waals surface area (Å²) in [4.78, 5) is 28.0. The van der Waals surface area contributed by atoms with Crippen molar-refractivity contribution in [2.24, 2.45) is 0 Å². The predicted molar refractivity (Wildman–Crippen MR) is 134 cm³/mol. The van der Waals surface area contributed by atoms with Crippen LogP contribution in [0.15, 0.2) is 42.5 Å². The van der Waals surface area contributed by atoms with Crippen molar-refractivity contribution in [3.63, 3.8) is 0 Å². The fourth-order valence-electron chi connectivity index (χ4n) is 3.59. The number of nitrogens with zero attached hydrogens (tertiary/aromatic N) is 2. The summed E-state index contributed by atoms with van der Waals surface area (Å²) in [6.07, 6.45) is 1.11. The van der Waals surface area contributed by atoms with Crippen LogP contribution in [0.1, 0.15) is 39.7 Å². The second kappa shape index (κ2) is 11.7. The van der Waals surface area contributed by atoms with Gasteiger partial charge in [-0.3, -0.25) is 13.9 Å². The molecule has 0 fully saturated rings. The van der Waals surface area contributed by atoms with Gasteiger partial charge in [0.05, 0.1) is 19.1 Å². The molecule has 1 unspecified atom stereocenters. The smallest absolute Gasteiger partial charge is 0.244 e. The average molecular weight is 526 g/mol. The molecule has 8 nitrogen and oxygen atoms in total. The first-order chi connectivity index (χ1) is 16.7. The summed E-state index contributed by atoms with van der Waals surface area (Å²) >= 11 is 0. The van der Waals surface area contributed by atoms with Crippen LogP contribution in [0.2, 0.25) is 0 Å². The zero-order chi connectivity index (χ0) is 27.3. The summed E-state index contributed by atoms with van der Waals surface area (Å²) < 4.78 is 58.3. The van der Waals surface area contributed by atoms with Crippen LogP contribution in [0.25, 0.3) is 0 Å². The number of benzene rings is 2. The molecule has 198 valence electrons. The van der Waals surface area contributed by atoms with Gasteiger partial charge >= 0.3 is 0 Å². The molecule has 0 aliphatic rings. The molecule has 2 rings (SSSR count). The number of nitrogens with one attached hydrogen (secondary N) is 1. The fraction of sp³-hybridized carbons (Fsp3) is 0.440. The number of sulfonamides is 1. The van der Waals surface area contributed by atoms with Gasteiger partial charge in [-0.1, -0.05) is 19.1 Å². The monoisotopic (exact) mass is 525 g/mol. The molecule has 2 aromatic carbocycles. The normalized spacial score (nSPS) is 12.6. The van der Waals surface area contributed by atoms with Gasteiger partial charge in [-0.25, -0.2) is 17.2 Å². The third-order valence-corrected chi connectivity index (χ3v) is 6.38. The topological polar surface area (TPSA) is 96.0 Å². The van der Waals surface area contributed by atoms with Crippen molar-refractivity contribution in [1.29, 1.82) is 0 Å². The van der Waals surface area contributed by atoms with E-state index in [4.69, 9.17) is 4.74 Å². The maximum atomic E-state index is 13.9. The summed E-state index contributed by atoms with van der Waals surface area (Å²) in [7, 11) is -2.57. The number of rotatable bonds is 10. The van der Waals surface area contributed by atoms with E-state index in [9.17, 15) is 26.8 Å². The van der Waals surface area contributed by atoms with Gasteiger partial charge < -0.3 is 15.0 Å². The number of methoxy groups -OCH3 is 1. The van der Waals surface area contributed by atoms with Crippen molar-refractivity contribution in [3.8, 4) is 5.75 Å². The molecule has 0 saturated carbocycles. The van der Waals surface area contributed by atoms with E-state index in [-0.39, 0.29) is 18.7 Å². The molecular weight excluding hydrogens is 492 g/mol. The zero-order valence-corrected chi connectivity index (χ0v) is 22.2. The Morgan fingerprint density at radius 3 is 2.28 bits per heavy atom. The Morgan fingerprint density at radius 2 is 1.75 bits per heavy atom. The molecule has 11 heteroatoms. The van der Waals surface area contributed by atoms with E-state index in [1.54, 1.807) is 52.0 Å². The Labute approximate surface area is 211 Å². The van der Waals surface area contributed by atoms with Crippen molar-refractivity contribution >= 4 is 27.5 Å². The molecule has 0 aromatic heterocycles. The molecule has 0 aliphatic carbocycles. The molecule has 1 atom stereocenters. The number of hydrogen-bond acceptors (Lipinski definition) is 5. The van der Waals surface area contributed by atoms with Gasteiger partial charge in [-0.15, -0.1) is 0 Å². The number of amides is 2. The molecule has 2 aromatic rings. The molecule has 0 spiro atoms. The van der Waals surface area contributed by atoms with Crippen LogP contribution < -0.4 is 14.4 Å². The van der Waals surface area contributed by atoms with Gasteiger partial charge in [0.25, 0.3) is 0 Å². The Morgan fingerprint density at radius 1 is 1.08 bits per heavy atom. The number of carbonyl (C=O) groups is 2. The fourth-order valence-corrected chi connectivity index (χ4v) is 4.44. The van der Waals surface area contributed by atoms with E-state index in [1.807, 2.05) is 0 Å². The highest BCUT2D eigenvalue weighted by atomic mass is 32.2. The SMILES string of the molecule is CCC(C(=O)NC(C)(C)C)N(Cc1cccc(OC)c1)C(=O)CN(c1ccc(F)c(F)c1)S(C)(=O)=O. The van der Waals surface area contributed by atoms with Crippen LogP contribution >= 0.6 is 0 Å². The molecule has 0 heterocycles. The van der Waals surface area contributed by atoms with E-state index in [2.05, 4.69) is 5.32 Å². The maximum absolute atomic E-state index is 13.9. The summed E-state index contributed by atoms with van der Waals surface area (Å²) in [5, 5.41) is 2.86. The summed E-state index contributed by atoms with van der Waals surface area (Å²) in [5.41, 5.74) is -0.124. The lowest BCUT2D eigenvalue weighted by atomic mass is 10.1. The van der Waals surface area contributed by atoms with Crippen molar-refractivity contribution in [3.05, 3.63) is 59.7 Å². The molecule has 0 saturated heterocycles. The molecule has 2 amide bonds. The van der Waals surface area contributed by atoms with Crippen LogP contribution in [-0.4, -0.2) is 56.6 Å². The Balaban J connectivity index is 2.49. The lowest BCUT2D eigenvalue weighted by Gasteiger charge is -2.34. The Hall–Kier alpha value is -3.21. The van der Waals surface area contributed by atoms with Crippen LogP contribution in [-0.2, 0) is 26.2 Å². The van der Waals surface area contributed by atoms with Crippen molar-refractivity contribution < 1.29 is 31.5 Å². The van der Waals surface area contributed by atoms with Gasteiger partial charge in [0.15, 0.2) is 11.6 Å². The second-order valence-electron chi connectivity index (χ2n) is 9.40. The minimum Gasteiger partial charge on any atom is -0.497 e. The summed E-state index contributed by atoms with van der Waals surface area (Å²) in [6, 6.07) is 8.56. The van der Waals surface area contributed by atoms with Gasteiger partial charge in [-0.2, -0.15) is 0 Å². The van der Waals surface area contributed by atoms with E-state index in [0.29, 0.717) is 21.7 Å². The van der Waals surface area contributed by atoms with Crippen LogP contribution in [0.3, 0.4) is 0 Å². The first-order valence-corrected chi connectivity index (χ1v) is 13.2. The number of ether oxygens (including phenoxy) is 1. The van der Waals surface area contributed by atoms with E-state index in [1.165, 1.54) is 12.0 Å². The number of anilines is 1. The van der Waals surface area contributed by atoms with Gasteiger partial charge in [0.1, 0.15) is 18.3 Å². The van der Waals surface area contributed by atoms with Gasteiger partial charge in [0.2, 0.25) is 21.8 Å². The largest absolute Gasteiger partial charge is 0.497 e. The first-order valence-electron chi connectivity index (χ1n) is 11.3. The van der Waals surface area contributed by atoms with Crippen LogP contribution in [0.5, 0.6) is 5.75 Å². The third-order valence-electron chi connectivity index (χ3n) is 5.24. The minimum atomic E-state index is -4.06. The van der Waals surface area contributed by atoms with Crippen LogP contribution in [0.4, 0.5) is 14.5 Å². The summed E-state index contributed by atoms with van der Waals surface area (Å²) in [6.45, 7) is 6.43.